The van der Waals surface area contributed by atoms with Crippen LogP contribution in [0.25, 0.3) is 5.82 Å². The van der Waals surface area contributed by atoms with Crippen molar-refractivity contribution in [3.63, 3.8) is 0 Å². The number of hydrogen-bond donors (Lipinski definition) is 1. The van der Waals surface area contributed by atoms with Crippen LogP contribution in [-0.4, -0.2) is 42.1 Å². The molecule has 0 saturated carbocycles. The summed E-state index contributed by atoms with van der Waals surface area (Å²) in [6, 6.07) is 18.8. The highest BCUT2D eigenvalue weighted by Crippen LogP contribution is 2.14. The molecule has 39 heavy (non-hydrogen) atoms. The Balaban J connectivity index is 1.40. The van der Waals surface area contributed by atoms with Gasteiger partial charge in [0.15, 0.2) is 5.82 Å². The topological polar surface area (TPSA) is 109 Å². The van der Waals surface area contributed by atoms with E-state index < -0.39 is 5.69 Å². The molecule has 10 nitrogen and oxygen atoms in total. The monoisotopic (exact) mass is 527 g/mol. The second-order valence-electron chi connectivity index (χ2n) is 8.82. The van der Waals surface area contributed by atoms with Crippen LogP contribution < -0.4 is 15.7 Å². The summed E-state index contributed by atoms with van der Waals surface area (Å²) in [5, 5.41) is 11.7. The second kappa shape index (κ2) is 11.5. The van der Waals surface area contributed by atoms with Gasteiger partial charge < -0.3 is 10.1 Å². The minimum atomic E-state index is -0.429. The number of aryl methyl sites for hydroxylation is 2. The Bertz CT molecular complexity index is 1610. The molecule has 0 aliphatic heterocycles. The largest absolute Gasteiger partial charge is 0.497 e. The molecule has 0 bridgehead atoms. The summed E-state index contributed by atoms with van der Waals surface area (Å²) in [4.78, 5) is 30.4. The van der Waals surface area contributed by atoms with Gasteiger partial charge in [-0.3, -0.25) is 14.5 Å². The predicted molar refractivity (Wildman–Crippen MR) is 141 cm³/mol. The molecule has 1 N–H and O–H groups in total. The van der Waals surface area contributed by atoms with E-state index in [4.69, 9.17) is 4.74 Å². The van der Waals surface area contributed by atoms with E-state index in [2.05, 4.69) is 20.5 Å². The Morgan fingerprint density at radius 3 is 2.49 bits per heavy atom. The van der Waals surface area contributed by atoms with Crippen LogP contribution >= 0.6 is 0 Å². The minimum Gasteiger partial charge on any atom is -0.497 e. The molecule has 0 aliphatic carbocycles. The van der Waals surface area contributed by atoms with Gasteiger partial charge in [0.2, 0.25) is 0 Å². The van der Waals surface area contributed by atoms with Crippen molar-refractivity contribution in [1.29, 1.82) is 0 Å². The smallest absolute Gasteiger partial charge is 0.351 e. The fraction of sp³-hybridized carbons (Fsp3) is 0.179. The third-order valence-electron chi connectivity index (χ3n) is 6.17. The number of aromatic nitrogens is 6. The number of carbonyl (C=O) groups is 1. The zero-order valence-electron chi connectivity index (χ0n) is 21.2. The fourth-order valence-corrected chi connectivity index (χ4v) is 4.04. The quantitative estimate of drug-likeness (QED) is 0.299. The summed E-state index contributed by atoms with van der Waals surface area (Å²) in [5.41, 5.74) is 2.50. The molecule has 0 saturated heterocycles. The normalized spacial score (nSPS) is 10.9. The van der Waals surface area contributed by atoms with E-state index in [-0.39, 0.29) is 24.1 Å². The van der Waals surface area contributed by atoms with Crippen LogP contribution in [0.15, 0.2) is 90.2 Å². The minimum absolute atomic E-state index is 0.169. The summed E-state index contributed by atoms with van der Waals surface area (Å²) < 4.78 is 22.6. The molecule has 0 unspecified atom stereocenters. The van der Waals surface area contributed by atoms with Crippen molar-refractivity contribution in [3.8, 4) is 11.6 Å². The summed E-state index contributed by atoms with van der Waals surface area (Å²) in [6.07, 6.45) is 5.31. The van der Waals surface area contributed by atoms with Crippen molar-refractivity contribution in [2.45, 2.75) is 26.1 Å². The molecule has 3 aromatic heterocycles. The Morgan fingerprint density at radius 1 is 1.00 bits per heavy atom. The first-order valence-corrected chi connectivity index (χ1v) is 12.3. The molecule has 5 aromatic rings. The molecule has 0 radical (unpaired) electrons. The van der Waals surface area contributed by atoms with Crippen LogP contribution in [0.2, 0.25) is 0 Å². The Kier molecular flexibility index (Phi) is 7.58. The average molecular weight is 528 g/mol. The highest BCUT2D eigenvalue weighted by atomic mass is 19.1. The highest BCUT2D eigenvalue weighted by molar-refractivity contribution is 5.93. The summed E-state index contributed by atoms with van der Waals surface area (Å²) >= 11 is 0. The number of halogens is 1. The summed E-state index contributed by atoms with van der Waals surface area (Å²) in [5.74, 6) is 0.337. The van der Waals surface area contributed by atoms with Crippen molar-refractivity contribution in [2.75, 3.05) is 7.11 Å². The number of nitrogens with zero attached hydrogens (tertiary/aromatic N) is 6. The highest BCUT2D eigenvalue weighted by Gasteiger charge is 2.19. The molecule has 11 heteroatoms. The molecule has 3 heterocycles. The van der Waals surface area contributed by atoms with E-state index in [1.807, 2.05) is 30.3 Å². The van der Waals surface area contributed by atoms with Gasteiger partial charge >= 0.3 is 5.69 Å². The van der Waals surface area contributed by atoms with Crippen molar-refractivity contribution in [3.05, 3.63) is 124 Å². The molecule has 0 spiro atoms. The van der Waals surface area contributed by atoms with Gasteiger partial charge in [-0.1, -0.05) is 30.3 Å². The van der Waals surface area contributed by atoms with E-state index in [1.165, 1.54) is 27.7 Å². The van der Waals surface area contributed by atoms with Crippen LogP contribution in [0.4, 0.5) is 4.39 Å². The maximum atomic E-state index is 13.3. The van der Waals surface area contributed by atoms with Crippen LogP contribution in [0.5, 0.6) is 5.75 Å². The number of amides is 1. The molecule has 0 fully saturated rings. The Labute approximate surface area is 223 Å². The molecule has 5 rings (SSSR count). The summed E-state index contributed by atoms with van der Waals surface area (Å²) in [7, 11) is 1.61. The van der Waals surface area contributed by atoms with Gasteiger partial charge in [-0.25, -0.2) is 18.4 Å². The number of nitrogens with one attached hydrogen (secondary N) is 1. The number of benzene rings is 2. The molecule has 0 aliphatic rings. The zero-order valence-corrected chi connectivity index (χ0v) is 21.2. The van der Waals surface area contributed by atoms with E-state index in [0.717, 1.165) is 22.4 Å². The predicted octanol–water partition coefficient (Wildman–Crippen LogP) is 2.99. The Morgan fingerprint density at radius 2 is 1.77 bits per heavy atom. The molecular formula is C28H26FN7O3. The van der Waals surface area contributed by atoms with Crippen LogP contribution in [-0.2, 0) is 26.1 Å². The standard InChI is InChI=1S/C28H26FN7O3/c1-39-24-10-6-20(7-11-24)12-14-35-25(27(37)31-17-22-3-2-13-30-16-22)15-26(33-35)34-19-32-36(28(34)38)18-21-4-8-23(29)9-5-21/h2-11,13,15-16,19H,12,14,17-18H2,1H3,(H,31,37). The lowest BCUT2D eigenvalue weighted by molar-refractivity contribution is 0.0940. The molecule has 0 atom stereocenters. The van der Waals surface area contributed by atoms with Gasteiger partial charge in [0, 0.05) is 31.5 Å². The van der Waals surface area contributed by atoms with Crippen molar-refractivity contribution >= 4 is 5.91 Å². The van der Waals surface area contributed by atoms with Gasteiger partial charge in [-0.2, -0.15) is 10.2 Å². The SMILES string of the molecule is COc1ccc(CCn2nc(-n3cnn(Cc4ccc(F)cc4)c3=O)cc2C(=O)NCc2cccnc2)cc1. The fourth-order valence-electron chi connectivity index (χ4n) is 4.04. The third-order valence-corrected chi connectivity index (χ3v) is 6.17. The molecule has 1 amide bonds. The van der Waals surface area contributed by atoms with E-state index in [1.54, 1.807) is 48.5 Å². The maximum absolute atomic E-state index is 13.3. The lowest BCUT2D eigenvalue weighted by atomic mass is 10.1. The zero-order chi connectivity index (χ0) is 27.2. The second-order valence-corrected chi connectivity index (χ2v) is 8.82. The van der Waals surface area contributed by atoms with E-state index >= 15 is 0 Å². The molecule has 198 valence electrons. The molecule has 2 aromatic carbocycles. The first-order valence-electron chi connectivity index (χ1n) is 12.3. The number of rotatable bonds is 10. The van der Waals surface area contributed by atoms with E-state index in [9.17, 15) is 14.0 Å². The number of ether oxygens (including phenoxy) is 1. The van der Waals surface area contributed by atoms with Crippen LogP contribution in [0, 0.1) is 5.82 Å². The average Bonchev–Trinajstić information content (AvgIpc) is 3.55. The first-order chi connectivity index (χ1) is 19.0. The van der Waals surface area contributed by atoms with Gasteiger partial charge in [0.1, 0.15) is 23.6 Å². The van der Waals surface area contributed by atoms with Crippen molar-refractivity contribution in [2.24, 2.45) is 0 Å². The van der Waals surface area contributed by atoms with Crippen LogP contribution in [0.1, 0.15) is 27.2 Å². The molecular weight excluding hydrogens is 501 g/mol. The van der Waals surface area contributed by atoms with Gasteiger partial charge in [-0.05, 0) is 53.4 Å². The van der Waals surface area contributed by atoms with Gasteiger partial charge in [0.25, 0.3) is 5.91 Å². The van der Waals surface area contributed by atoms with Crippen molar-refractivity contribution < 1.29 is 13.9 Å². The summed E-state index contributed by atoms with van der Waals surface area (Å²) in [6.45, 7) is 0.865. The van der Waals surface area contributed by atoms with Gasteiger partial charge in [-0.15, -0.1) is 0 Å². The van der Waals surface area contributed by atoms with Gasteiger partial charge in [0.05, 0.1) is 13.7 Å². The van der Waals surface area contributed by atoms with Crippen LogP contribution in [0.3, 0.4) is 0 Å². The lowest BCUT2D eigenvalue weighted by Crippen LogP contribution is -2.26. The van der Waals surface area contributed by atoms with E-state index in [0.29, 0.717) is 25.2 Å². The third kappa shape index (κ3) is 6.09. The maximum Gasteiger partial charge on any atom is 0.351 e. The number of carbonyl (C=O) groups excluding carboxylic acids is 1. The Hall–Kier alpha value is -5.06. The lowest BCUT2D eigenvalue weighted by Gasteiger charge is -2.09. The number of pyridine rings is 1. The number of hydrogen-bond acceptors (Lipinski definition) is 6. The number of methoxy groups -OCH3 is 1. The first kappa shape index (κ1) is 25.6. The van der Waals surface area contributed by atoms with Crippen molar-refractivity contribution in [1.82, 2.24) is 34.4 Å².